The van der Waals surface area contributed by atoms with Crippen LogP contribution in [0.3, 0.4) is 0 Å². The highest BCUT2D eigenvalue weighted by molar-refractivity contribution is 6.10. The van der Waals surface area contributed by atoms with Crippen molar-refractivity contribution in [2.45, 2.75) is 26.3 Å². The number of ether oxygens (including phenoxy) is 1. The zero-order chi connectivity index (χ0) is 21.3. The number of anilines is 1. The molecule has 6 heteroatoms. The van der Waals surface area contributed by atoms with E-state index in [1.165, 1.54) is 0 Å². The van der Waals surface area contributed by atoms with Crippen LogP contribution in [0.15, 0.2) is 66.4 Å². The van der Waals surface area contributed by atoms with Gasteiger partial charge in [-0.05, 0) is 37.6 Å². The Kier molecular flexibility index (Phi) is 7.01. The molecular weight excluding hydrogens is 378 g/mol. The molecule has 0 saturated carbocycles. The maximum atomic E-state index is 12.5. The summed E-state index contributed by atoms with van der Waals surface area (Å²) in [6.45, 7) is 2.80. The number of hydrogen-bond donors (Lipinski definition) is 1. The van der Waals surface area contributed by atoms with Crippen LogP contribution in [0.2, 0.25) is 0 Å². The summed E-state index contributed by atoms with van der Waals surface area (Å²) in [5.41, 5.74) is 2.41. The lowest BCUT2D eigenvalue weighted by molar-refractivity contribution is -0.143. The van der Waals surface area contributed by atoms with Crippen LogP contribution < -0.4 is 5.32 Å². The van der Waals surface area contributed by atoms with Crippen LogP contribution in [0.4, 0.5) is 5.69 Å². The smallest absolute Gasteiger partial charge is 0.305 e. The lowest BCUT2D eigenvalue weighted by Crippen LogP contribution is -2.13. The lowest BCUT2D eigenvalue weighted by atomic mass is 10.1. The van der Waals surface area contributed by atoms with Gasteiger partial charge in [0.25, 0.3) is 5.91 Å². The molecular formula is C24H23N3O3. The summed E-state index contributed by atoms with van der Waals surface area (Å²) in [5, 5.41) is 13.2. The Hall–Kier alpha value is -3.85. The molecule has 3 rings (SSSR count). The number of fused-ring (bicyclic) bond motifs is 1. The summed E-state index contributed by atoms with van der Waals surface area (Å²) in [7, 11) is 0. The van der Waals surface area contributed by atoms with Crippen LogP contribution in [0, 0.1) is 11.3 Å². The van der Waals surface area contributed by atoms with Crippen molar-refractivity contribution < 1.29 is 14.3 Å². The van der Waals surface area contributed by atoms with Crippen LogP contribution in [-0.2, 0) is 20.9 Å². The molecule has 1 N–H and O–H groups in total. The predicted molar refractivity (Wildman–Crippen MR) is 116 cm³/mol. The van der Waals surface area contributed by atoms with E-state index in [0.29, 0.717) is 31.7 Å². The summed E-state index contributed by atoms with van der Waals surface area (Å²) in [4.78, 5) is 24.1. The second-order valence-electron chi connectivity index (χ2n) is 6.69. The van der Waals surface area contributed by atoms with Gasteiger partial charge in [0, 0.05) is 41.3 Å². The Morgan fingerprint density at radius 3 is 2.60 bits per heavy atom. The number of nitrogens with zero attached hydrogens (tertiary/aromatic N) is 2. The first-order valence-electron chi connectivity index (χ1n) is 9.84. The third-order valence-electron chi connectivity index (χ3n) is 4.60. The van der Waals surface area contributed by atoms with E-state index in [0.717, 1.165) is 16.5 Å². The van der Waals surface area contributed by atoms with Crippen LogP contribution >= 0.6 is 0 Å². The third-order valence-corrected chi connectivity index (χ3v) is 4.60. The zero-order valence-electron chi connectivity index (χ0n) is 16.8. The van der Waals surface area contributed by atoms with Gasteiger partial charge in [-0.1, -0.05) is 36.4 Å². The quantitative estimate of drug-likeness (QED) is 0.341. The first kappa shape index (κ1) is 20.9. The molecule has 152 valence electrons. The standard InChI is InChI=1S/C24H23N3O3/c1-2-30-23(28)13-8-14-27-17-19(21-11-6-7-12-22(21)27)15-18(16-25)24(29)26-20-9-4-3-5-10-20/h3-7,9-12,15,17H,2,8,13-14H2,1H3,(H,26,29)/b18-15+. The summed E-state index contributed by atoms with van der Waals surface area (Å²) in [5.74, 6) is -0.665. The van der Waals surface area contributed by atoms with Crippen molar-refractivity contribution in [3.63, 3.8) is 0 Å². The minimum absolute atomic E-state index is 0.0216. The molecule has 30 heavy (non-hydrogen) atoms. The molecule has 0 aliphatic carbocycles. The number of hydrogen-bond acceptors (Lipinski definition) is 4. The van der Waals surface area contributed by atoms with Gasteiger partial charge in [-0.25, -0.2) is 0 Å². The van der Waals surface area contributed by atoms with Gasteiger partial charge in [0.2, 0.25) is 0 Å². The van der Waals surface area contributed by atoms with Gasteiger partial charge in [0.15, 0.2) is 0 Å². The normalized spacial score (nSPS) is 11.1. The highest BCUT2D eigenvalue weighted by Crippen LogP contribution is 2.24. The highest BCUT2D eigenvalue weighted by atomic mass is 16.5. The van der Waals surface area contributed by atoms with Crippen molar-refractivity contribution in [1.82, 2.24) is 4.57 Å². The minimum atomic E-state index is -0.456. The fourth-order valence-electron chi connectivity index (χ4n) is 3.23. The number of para-hydroxylation sites is 2. The number of benzene rings is 2. The second-order valence-corrected chi connectivity index (χ2v) is 6.69. The average molecular weight is 401 g/mol. The largest absolute Gasteiger partial charge is 0.466 e. The van der Waals surface area contributed by atoms with Gasteiger partial charge in [-0.15, -0.1) is 0 Å². The Bertz CT molecular complexity index is 1110. The van der Waals surface area contributed by atoms with E-state index in [1.54, 1.807) is 25.1 Å². The average Bonchev–Trinajstić information content (AvgIpc) is 3.10. The van der Waals surface area contributed by atoms with E-state index in [1.807, 2.05) is 59.3 Å². The topological polar surface area (TPSA) is 84.1 Å². The molecule has 0 atom stereocenters. The SMILES string of the molecule is CCOC(=O)CCCn1cc(/C=C(\C#N)C(=O)Nc2ccccc2)c2ccccc21. The molecule has 1 amide bonds. The number of rotatable bonds is 8. The number of amides is 1. The molecule has 0 bridgehead atoms. The number of carbonyl (C=O) groups is 2. The van der Waals surface area contributed by atoms with Crippen molar-refractivity contribution in [1.29, 1.82) is 5.26 Å². The fourth-order valence-corrected chi connectivity index (χ4v) is 3.23. The van der Waals surface area contributed by atoms with Crippen LogP contribution in [0.5, 0.6) is 0 Å². The predicted octanol–water partition coefficient (Wildman–Crippen LogP) is 4.53. The molecule has 0 radical (unpaired) electrons. The maximum Gasteiger partial charge on any atom is 0.305 e. The number of aryl methyl sites for hydroxylation is 1. The highest BCUT2D eigenvalue weighted by Gasteiger charge is 2.13. The first-order valence-corrected chi connectivity index (χ1v) is 9.84. The van der Waals surface area contributed by atoms with E-state index < -0.39 is 5.91 Å². The van der Waals surface area contributed by atoms with Crippen molar-refractivity contribution in [3.8, 4) is 6.07 Å². The molecule has 6 nitrogen and oxygen atoms in total. The zero-order valence-corrected chi connectivity index (χ0v) is 16.8. The Morgan fingerprint density at radius 1 is 1.13 bits per heavy atom. The molecule has 0 unspecified atom stereocenters. The molecule has 1 heterocycles. The van der Waals surface area contributed by atoms with Gasteiger partial charge < -0.3 is 14.6 Å². The van der Waals surface area contributed by atoms with Gasteiger partial charge in [-0.2, -0.15) is 5.26 Å². The van der Waals surface area contributed by atoms with Crippen molar-refractivity contribution >= 4 is 34.5 Å². The summed E-state index contributed by atoms with van der Waals surface area (Å²) < 4.78 is 7.01. The number of nitrogens with one attached hydrogen (secondary N) is 1. The van der Waals surface area contributed by atoms with Gasteiger partial charge >= 0.3 is 5.97 Å². The van der Waals surface area contributed by atoms with Gasteiger partial charge in [0.05, 0.1) is 6.61 Å². The van der Waals surface area contributed by atoms with Crippen LogP contribution in [0.25, 0.3) is 17.0 Å². The van der Waals surface area contributed by atoms with Gasteiger partial charge in [0.1, 0.15) is 11.6 Å². The van der Waals surface area contributed by atoms with E-state index in [2.05, 4.69) is 5.32 Å². The maximum absolute atomic E-state index is 12.5. The van der Waals surface area contributed by atoms with E-state index >= 15 is 0 Å². The summed E-state index contributed by atoms with van der Waals surface area (Å²) >= 11 is 0. The van der Waals surface area contributed by atoms with Crippen molar-refractivity contribution in [2.24, 2.45) is 0 Å². The van der Waals surface area contributed by atoms with Crippen LogP contribution in [-0.4, -0.2) is 23.1 Å². The number of aromatic nitrogens is 1. The molecule has 0 aliphatic heterocycles. The first-order chi connectivity index (χ1) is 14.6. The Morgan fingerprint density at radius 2 is 1.87 bits per heavy atom. The molecule has 2 aromatic carbocycles. The van der Waals surface area contributed by atoms with E-state index in [4.69, 9.17) is 4.74 Å². The van der Waals surface area contributed by atoms with E-state index in [9.17, 15) is 14.9 Å². The third kappa shape index (κ3) is 5.15. The lowest BCUT2D eigenvalue weighted by Gasteiger charge is -2.05. The fraction of sp³-hybridized carbons (Fsp3) is 0.208. The van der Waals surface area contributed by atoms with Crippen molar-refractivity contribution in [2.75, 3.05) is 11.9 Å². The molecule has 3 aromatic rings. The number of nitriles is 1. The molecule has 0 saturated heterocycles. The minimum Gasteiger partial charge on any atom is -0.466 e. The van der Waals surface area contributed by atoms with E-state index in [-0.39, 0.29) is 11.5 Å². The molecule has 0 spiro atoms. The Balaban J connectivity index is 1.83. The van der Waals surface area contributed by atoms with Crippen molar-refractivity contribution in [3.05, 3.63) is 71.9 Å². The number of carbonyl (C=O) groups excluding carboxylic acids is 2. The monoisotopic (exact) mass is 401 g/mol. The molecule has 0 aliphatic rings. The van der Waals surface area contributed by atoms with Crippen LogP contribution in [0.1, 0.15) is 25.3 Å². The molecule has 0 fully saturated rings. The Labute approximate surface area is 175 Å². The number of esters is 1. The summed E-state index contributed by atoms with van der Waals surface area (Å²) in [6, 6.07) is 18.8. The summed E-state index contributed by atoms with van der Waals surface area (Å²) in [6.07, 6.45) is 4.49. The molecule has 1 aromatic heterocycles. The second kappa shape index (κ2) is 10.1. The van der Waals surface area contributed by atoms with Gasteiger partial charge in [-0.3, -0.25) is 9.59 Å².